The molecule has 2 aromatic rings. The Morgan fingerprint density at radius 1 is 1.14 bits per heavy atom. The number of carbonyl (C=O) groups excluding carboxylic acids is 2. The lowest BCUT2D eigenvalue weighted by Crippen LogP contribution is -2.39. The molecule has 0 heterocycles. The first-order valence-electron chi connectivity index (χ1n) is 8.90. The molecule has 0 aromatic heterocycles. The zero-order chi connectivity index (χ0) is 20.5. The van der Waals surface area contributed by atoms with Crippen LogP contribution in [0.5, 0.6) is 5.75 Å². The second-order valence-electron chi connectivity index (χ2n) is 6.22. The highest BCUT2D eigenvalue weighted by atomic mass is 79.9. The van der Waals surface area contributed by atoms with Crippen LogP contribution in [0.3, 0.4) is 0 Å². The first kappa shape index (κ1) is 21.5. The Labute approximate surface area is 173 Å². The first-order chi connectivity index (χ1) is 13.4. The van der Waals surface area contributed by atoms with Gasteiger partial charge >= 0.3 is 0 Å². The fourth-order valence-corrected chi connectivity index (χ4v) is 3.03. The Morgan fingerprint density at radius 3 is 2.61 bits per heavy atom. The van der Waals surface area contributed by atoms with E-state index in [1.807, 2.05) is 50.2 Å². The van der Waals surface area contributed by atoms with E-state index in [4.69, 9.17) is 4.74 Å². The number of halogens is 1. The van der Waals surface area contributed by atoms with Crippen molar-refractivity contribution in [2.24, 2.45) is 0 Å². The molecule has 0 radical (unpaired) electrons. The number of allylic oxidation sites excluding steroid dienone is 1. The standard InChI is InChI=1S/C21H24BrN3O3/c1-4-16-7-5-6-8-18(16)23-20(26)12-15(3)24-25-21(27)13-28-19-10-9-14(2)11-17(19)22/h5-12,24H,4,13H2,1-3H3,(H,23,26)(H,25,27). The Morgan fingerprint density at radius 2 is 1.89 bits per heavy atom. The molecule has 6 nitrogen and oxygen atoms in total. The molecule has 0 saturated heterocycles. The summed E-state index contributed by atoms with van der Waals surface area (Å²) in [7, 11) is 0. The van der Waals surface area contributed by atoms with E-state index in [9.17, 15) is 9.59 Å². The molecule has 0 atom stereocenters. The number of hydrogen-bond donors (Lipinski definition) is 3. The third kappa shape index (κ3) is 6.74. The predicted octanol–water partition coefficient (Wildman–Crippen LogP) is 3.86. The molecule has 0 bridgehead atoms. The van der Waals surface area contributed by atoms with Crippen molar-refractivity contribution < 1.29 is 14.3 Å². The van der Waals surface area contributed by atoms with Crippen LogP contribution < -0.4 is 20.9 Å². The van der Waals surface area contributed by atoms with Crippen molar-refractivity contribution in [3.63, 3.8) is 0 Å². The molecule has 0 spiro atoms. The third-order valence-corrected chi connectivity index (χ3v) is 4.47. The van der Waals surface area contributed by atoms with Crippen LogP contribution >= 0.6 is 15.9 Å². The fourth-order valence-electron chi connectivity index (χ4n) is 2.42. The van der Waals surface area contributed by atoms with Crippen LogP contribution in [0.4, 0.5) is 5.69 Å². The Kier molecular flexibility index (Phi) is 8.07. The highest BCUT2D eigenvalue weighted by Gasteiger charge is 2.07. The summed E-state index contributed by atoms with van der Waals surface area (Å²) in [6, 6.07) is 13.2. The summed E-state index contributed by atoms with van der Waals surface area (Å²) in [5, 5.41) is 2.84. The van der Waals surface area contributed by atoms with E-state index in [1.165, 1.54) is 6.08 Å². The normalized spacial score (nSPS) is 10.9. The molecule has 2 aromatic carbocycles. The smallest absolute Gasteiger partial charge is 0.276 e. The molecule has 0 unspecified atom stereocenters. The molecular formula is C21H24BrN3O3. The Balaban J connectivity index is 1.80. The predicted molar refractivity (Wildman–Crippen MR) is 114 cm³/mol. The molecule has 0 saturated carbocycles. The molecule has 148 valence electrons. The van der Waals surface area contributed by atoms with Gasteiger partial charge in [0.05, 0.1) is 4.47 Å². The number of aryl methyl sites for hydroxylation is 2. The van der Waals surface area contributed by atoms with Crippen LogP contribution in [0.25, 0.3) is 0 Å². The Bertz CT molecular complexity index is 881. The second kappa shape index (κ2) is 10.5. The van der Waals surface area contributed by atoms with Crippen molar-refractivity contribution in [2.75, 3.05) is 11.9 Å². The van der Waals surface area contributed by atoms with Gasteiger partial charge < -0.3 is 15.5 Å². The number of anilines is 1. The van der Waals surface area contributed by atoms with E-state index in [0.717, 1.165) is 27.7 Å². The van der Waals surface area contributed by atoms with Crippen LogP contribution in [-0.2, 0) is 16.0 Å². The topological polar surface area (TPSA) is 79.5 Å². The summed E-state index contributed by atoms with van der Waals surface area (Å²) in [6.07, 6.45) is 2.20. The number of benzene rings is 2. The van der Waals surface area contributed by atoms with Gasteiger partial charge in [0.25, 0.3) is 5.91 Å². The van der Waals surface area contributed by atoms with E-state index in [-0.39, 0.29) is 18.4 Å². The third-order valence-electron chi connectivity index (χ3n) is 3.85. The first-order valence-corrected chi connectivity index (χ1v) is 9.69. The molecule has 0 aliphatic heterocycles. The molecule has 2 amide bonds. The highest BCUT2D eigenvalue weighted by molar-refractivity contribution is 9.10. The minimum atomic E-state index is -0.364. The number of carbonyl (C=O) groups is 2. The lowest BCUT2D eigenvalue weighted by Gasteiger charge is -2.12. The van der Waals surface area contributed by atoms with Crippen molar-refractivity contribution in [1.82, 2.24) is 10.9 Å². The summed E-state index contributed by atoms with van der Waals surface area (Å²) in [4.78, 5) is 24.1. The van der Waals surface area contributed by atoms with Gasteiger partial charge in [-0.15, -0.1) is 0 Å². The maximum absolute atomic E-state index is 12.1. The van der Waals surface area contributed by atoms with Gasteiger partial charge in [0, 0.05) is 17.5 Å². The van der Waals surface area contributed by atoms with Crippen molar-refractivity contribution >= 4 is 33.4 Å². The number of nitrogens with one attached hydrogen (secondary N) is 3. The maximum atomic E-state index is 12.1. The lowest BCUT2D eigenvalue weighted by atomic mass is 10.1. The van der Waals surface area contributed by atoms with Gasteiger partial charge in [-0.1, -0.05) is 31.2 Å². The molecule has 2 rings (SSSR count). The van der Waals surface area contributed by atoms with Crippen LogP contribution in [0, 0.1) is 6.92 Å². The van der Waals surface area contributed by atoms with Crippen molar-refractivity contribution in [3.8, 4) is 5.75 Å². The number of para-hydroxylation sites is 1. The number of amides is 2. The summed E-state index contributed by atoms with van der Waals surface area (Å²) >= 11 is 3.40. The number of rotatable bonds is 8. The van der Waals surface area contributed by atoms with Gasteiger partial charge in [0.2, 0.25) is 5.91 Å². The number of ether oxygens (including phenoxy) is 1. The summed E-state index contributed by atoms with van der Waals surface area (Å²) < 4.78 is 6.26. The van der Waals surface area contributed by atoms with Crippen molar-refractivity contribution in [3.05, 3.63) is 69.8 Å². The van der Waals surface area contributed by atoms with E-state index in [2.05, 4.69) is 32.1 Å². The second-order valence-corrected chi connectivity index (χ2v) is 7.08. The molecule has 3 N–H and O–H groups in total. The molecular weight excluding hydrogens is 422 g/mol. The monoisotopic (exact) mass is 445 g/mol. The summed E-state index contributed by atoms with van der Waals surface area (Å²) in [5.74, 6) is -0.0565. The van der Waals surface area contributed by atoms with Crippen molar-refractivity contribution in [1.29, 1.82) is 0 Å². The average Bonchev–Trinajstić information content (AvgIpc) is 2.66. The number of hydrazine groups is 1. The number of hydrogen-bond acceptors (Lipinski definition) is 4. The van der Waals surface area contributed by atoms with Crippen LogP contribution in [-0.4, -0.2) is 18.4 Å². The van der Waals surface area contributed by atoms with Gasteiger partial charge in [-0.2, -0.15) is 0 Å². The van der Waals surface area contributed by atoms with Gasteiger partial charge in [-0.05, 0) is 65.5 Å². The van der Waals surface area contributed by atoms with Gasteiger partial charge in [-0.25, -0.2) is 0 Å². The quantitative estimate of drug-likeness (QED) is 0.425. The van der Waals surface area contributed by atoms with Gasteiger partial charge in [0.15, 0.2) is 6.61 Å². The zero-order valence-corrected chi connectivity index (χ0v) is 17.7. The molecule has 7 heteroatoms. The average molecular weight is 446 g/mol. The lowest BCUT2D eigenvalue weighted by molar-refractivity contribution is -0.124. The van der Waals surface area contributed by atoms with E-state index in [1.54, 1.807) is 13.0 Å². The molecule has 28 heavy (non-hydrogen) atoms. The fraction of sp³-hybridized carbons (Fsp3) is 0.238. The summed E-state index contributed by atoms with van der Waals surface area (Å²) in [6.45, 7) is 5.53. The van der Waals surface area contributed by atoms with Crippen LogP contribution in [0.15, 0.2) is 58.7 Å². The van der Waals surface area contributed by atoms with Crippen LogP contribution in [0.2, 0.25) is 0 Å². The van der Waals surface area contributed by atoms with E-state index in [0.29, 0.717) is 11.4 Å². The minimum Gasteiger partial charge on any atom is -0.483 e. The summed E-state index contributed by atoms with van der Waals surface area (Å²) in [5.41, 5.74) is 8.62. The van der Waals surface area contributed by atoms with E-state index < -0.39 is 0 Å². The molecule has 0 aliphatic carbocycles. The minimum absolute atomic E-state index is 0.155. The maximum Gasteiger partial charge on any atom is 0.276 e. The van der Waals surface area contributed by atoms with Gasteiger partial charge in [0.1, 0.15) is 5.75 Å². The molecule has 0 fully saturated rings. The van der Waals surface area contributed by atoms with E-state index >= 15 is 0 Å². The largest absolute Gasteiger partial charge is 0.483 e. The zero-order valence-electron chi connectivity index (χ0n) is 16.1. The van der Waals surface area contributed by atoms with Crippen molar-refractivity contribution in [2.45, 2.75) is 27.2 Å². The van der Waals surface area contributed by atoms with Gasteiger partial charge in [-0.3, -0.25) is 15.0 Å². The molecule has 0 aliphatic rings. The SMILES string of the molecule is CCc1ccccc1NC(=O)C=C(C)NNC(=O)COc1ccc(C)cc1Br. The Hall–Kier alpha value is -2.80. The van der Waals surface area contributed by atoms with Crippen LogP contribution in [0.1, 0.15) is 25.0 Å². The highest BCUT2D eigenvalue weighted by Crippen LogP contribution is 2.25.